The summed E-state index contributed by atoms with van der Waals surface area (Å²) in [5.74, 6) is -0.0565. The second-order valence-electron chi connectivity index (χ2n) is 7.80. The minimum atomic E-state index is -0.117. The summed E-state index contributed by atoms with van der Waals surface area (Å²) in [6.07, 6.45) is 5.04. The molecule has 2 aromatic rings. The first kappa shape index (κ1) is 19.1. The fourth-order valence-corrected chi connectivity index (χ4v) is 4.44. The maximum atomic E-state index is 13.1. The SMILES string of the molecule is CC1CCCN1C(=O)c1cc(C(=O)NCc2ccc(Cl)cc2)c2n1CCCC2. The molecule has 28 heavy (non-hydrogen) atoms. The zero-order valence-electron chi connectivity index (χ0n) is 16.2. The van der Waals surface area contributed by atoms with Crippen LogP contribution >= 0.6 is 11.6 Å². The topological polar surface area (TPSA) is 54.3 Å². The number of carbonyl (C=O) groups is 2. The monoisotopic (exact) mass is 399 g/mol. The number of hydrogen-bond donors (Lipinski definition) is 1. The van der Waals surface area contributed by atoms with Gasteiger partial charge in [0.25, 0.3) is 11.8 Å². The lowest BCUT2D eigenvalue weighted by molar-refractivity contribution is 0.0735. The first-order chi connectivity index (χ1) is 13.5. The molecule has 2 amide bonds. The lowest BCUT2D eigenvalue weighted by Crippen LogP contribution is -2.35. The van der Waals surface area contributed by atoms with Crippen molar-refractivity contribution in [3.8, 4) is 0 Å². The molecule has 148 valence electrons. The van der Waals surface area contributed by atoms with Crippen molar-refractivity contribution in [2.45, 2.75) is 58.2 Å². The van der Waals surface area contributed by atoms with Crippen LogP contribution in [-0.4, -0.2) is 33.9 Å². The number of carbonyl (C=O) groups excluding carboxylic acids is 2. The number of halogens is 1. The molecule has 3 heterocycles. The van der Waals surface area contributed by atoms with Crippen molar-refractivity contribution >= 4 is 23.4 Å². The smallest absolute Gasteiger partial charge is 0.270 e. The van der Waals surface area contributed by atoms with Crippen LogP contribution in [0.2, 0.25) is 5.02 Å². The lowest BCUT2D eigenvalue weighted by atomic mass is 10.1. The van der Waals surface area contributed by atoms with Gasteiger partial charge in [-0.3, -0.25) is 9.59 Å². The molecule has 0 radical (unpaired) electrons. The van der Waals surface area contributed by atoms with Gasteiger partial charge in [-0.05, 0) is 62.8 Å². The number of rotatable bonds is 4. The Hall–Kier alpha value is -2.27. The molecule has 6 heteroatoms. The predicted molar refractivity (Wildman–Crippen MR) is 110 cm³/mol. The first-order valence-corrected chi connectivity index (χ1v) is 10.5. The average Bonchev–Trinajstić information content (AvgIpc) is 3.31. The van der Waals surface area contributed by atoms with E-state index < -0.39 is 0 Å². The van der Waals surface area contributed by atoms with Crippen molar-refractivity contribution in [3.63, 3.8) is 0 Å². The summed E-state index contributed by atoms with van der Waals surface area (Å²) < 4.78 is 2.08. The van der Waals surface area contributed by atoms with Gasteiger partial charge in [0.15, 0.2) is 0 Å². The maximum Gasteiger partial charge on any atom is 0.270 e. The Balaban J connectivity index is 1.56. The van der Waals surface area contributed by atoms with Crippen molar-refractivity contribution in [3.05, 3.63) is 57.9 Å². The van der Waals surface area contributed by atoms with Gasteiger partial charge < -0.3 is 14.8 Å². The van der Waals surface area contributed by atoms with E-state index in [9.17, 15) is 9.59 Å². The van der Waals surface area contributed by atoms with Crippen LogP contribution in [0.15, 0.2) is 30.3 Å². The molecule has 5 nitrogen and oxygen atoms in total. The van der Waals surface area contributed by atoms with Crippen LogP contribution < -0.4 is 5.32 Å². The third kappa shape index (κ3) is 3.68. The van der Waals surface area contributed by atoms with Crippen molar-refractivity contribution in [2.24, 2.45) is 0 Å². The Kier molecular flexibility index (Phi) is 5.44. The van der Waals surface area contributed by atoms with Gasteiger partial charge in [-0.2, -0.15) is 0 Å². The van der Waals surface area contributed by atoms with Gasteiger partial charge in [-0.15, -0.1) is 0 Å². The van der Waals surface area contributed by atoms with E-state index in [1.54, 1.807) is 0 Å². The predicted octanol–water partition coefficient (Wildman–Crippen LogP) is 4.03. The Morgan fingerprint density at radius 3 is 2.64 bits per heavy atom. The molecule has 2 aliphatic rings. The van der Waals surface area contributed by atoms with Gasteiger partial charge in [0, 0.05) is 36.4 Å². The standard InChI is InChI=1S/C22H26ClN3O2/c1-15-5-4-12-25(15)22(28)20-13-18(19-6-2-3-11-26(19)20)21(27)24-14-16-7-9-17(23)10-8-16/h7-10,13,15H,2-6,11-12,14H2,1H3,(H,24,27). The van der Waals surface area contributed by atoms with Gasteiger partial charge in [0.2, 0.25) is 0 Å². The number of likely N-dealkylation sites (tertiary alicyclic amines) is 1. The van der Waals surface area contributed by atoms with E-state index in [-0.39, 0.29) is 17.9 Å². The highest BCUT2D eigenvalue weighted by Gasteiger charge is 2.31. The fourth-order valence-electron chi connectivity index (χ4n) is 4.31. The molecule has 2 aliphatic heterocycles. The van der Waals surface area contributed by atoms with Gasteiger partial charge in [-0.25, -0.2) is 0 Å². The molecule has 1 saturated heterocycles. The summed E-state index contributed by atoms with van der Waals surface area (Å²) >= 11 is 5.92. The number of benzene rings is 1. The minimum Gasteiger partial charge on any atom is -0.348 e. The molecule has 0 saturated carbocycles. The third-order valence-corrected chi connectivity index (χ3v) is 6.15. The molecular weight excluding hydrogens is 374 g/mol. The quantitative estimate of drug-likeness (QED) is 0.843. The van der Waals surface area contributed by atoms with E-state index >= 15 is 0 Å². The molecule has 0 aliphatic carbocycles. The molecule has 0 spiro atoms. The number of amides is 2. The molecule has 1 N–H and O–H groups in total. The van der Waals surface area contributed by atoms with E-state index in [1.165, 1.54) is 0 Å². The number of nitrogens with one attached hydrogen (secondary N) is 1. The fraction of sp³-hybridized carbons (Fsp3) is 0.455. The second kappa shape index (κ2) is 8.00. The Bertz CT molecular complexity index is 888. The molecule has 1 unspecified atom stereocenters. The zero-order chi connectivity index (χ0) is 19.7. The second-order valence-corrected chi connectivity index (χ2v) is 8.23. The van der Waals surface area contributed by atoms with E-state index in [0.717, 1.165) is 56.5 Å². The van der Waals surface area contributed by atoms with Crippen molar-refractivity contribution in [1.82, 2.24) is 14.8 Å². The molecule has 0 bridgehead atoms. The van der Waals surface area contributed by atoms with Gasteiger partial charge >= 0.3 is 0 Å². The van der Waals surface area contributed by atoms with Crippen LogP contribution in [0.3, 0.4) is 0 Å². The number of nitrogens with zero attached hydrogens (tertiary/aromatic N) is 2. The summed E-state index contributed by atoms with van der Waals surface area (Å²) in [5, 5.41) is 3.67. The minimum absolute atomic E-state index is 0.0601. The van der Waals surface area contributed by atoms with Crippen LogP contribution in [0.1, 0.15) is 64.7 Å². The van der Waals surface area contributed by atoms with Crippen molar-refractivity contribution in [2.75, 3.05) is 6.54 Å². The van der Waals surface area contributed by atoms with Crippen LogP contribution in [0, 0.1) is 0 Å². The highest BCUT2D eigenvalue weighted by molar-refractivity contribution is 6.30. The number of hydrogen-bond acceptors (Lipinski definition) is 2. The number of fused-ring (bicyclic) bond motifs is 1. The normalized spacial score (nSPS) is 18.8. The highest BCUT2D eigenvalue weighted by Crippen LogP contribution is 2.27. The first-order valence-electron chi connectivity index (χ1n) is 10.1. The molecule has 1 atom stereocenters. The Morgan fingerprint density at radius 1 is 1.14 bits per heavy atom. The molecule has 1 aromatic heterocycles. The van der Waals surface area contributed by atoms with Crippen LogP contribution in [0.25, 0.3) is 0 Å². The highest BCUT2D eigenvalue weighted by atomic mass is 35.5. The van der Waals surface area contributed by atoms with Crippen LogP contribution in [0.5, 0.6) is 0 Å². The Labute approximate surface area is 170 Å². The maximum absolute atomic E-state index is 13.1. The Morgan fingerprint density at radius 2 is 1.93 bits per heavy atom. The van der Waals surface area contributed by atoms with Gasteiger partial charge in [-0.1, -0.05) is 23.7 Å². The summed E-state index contributed by atoms with van der Waals surface area (Å²) in [7, 11) is 0. The van der Waals surface area contributed by atoms with Gasteiger partial charge in [0.1, 0.15) is 5.69 Å². The molecule has 4 rings (SSSR count). The molecule has 1 fully saturated rings. The van der Waals surface area contributed by atoms with Crippen molar-refractivity contribution in [1.29, 1.82) is 0 Å². The summed E-state index contributed by atoms with van der Waals surface area (Å²) in [6.45, 7) is 4.15. The third-order valence-electron chi connectivity index (χ3n) is 5.90. The van der Waals surface area contributed by atoms with Crippen LogP contribution in [-0.2, 0) is 19.5 Å². The summed E-state index contributed by atoms with van der Waals surface area (Å²) in [6, 6.07) is 9.52. The summed E-state index contributed by atoms with van der Waals surface area (Å²) in [5.41, 5.74) is 3.30. The molecule has 1 aromatic carbocycles. The average molecular weight is 400 g/mol. The number of aromatic nitrogens is 1. The van der Waals surface area contributed by atoms with E-state index in [2.05, 4.69) is 16.8 Å². The van der Waals surface area contributed by atoms with E-state index in [0.29, 0.717) is 22.8 Å². The van der Waals surface area contributed by atoms with E-state index in [1.807, 2.05) is 35.2 Å². The lowest BCUT2D eigenvalue weighted by Gasteiger charge is -2.24. The van der Waals surface area contributed by atoms with Crippen LogP contribution in [0.4, 0.5) is 0 Å². The summed E-state index contributed by atoms with van der Waals surface area (Å²) in [4.78, 5) is 28.0. The largest absolute Gasteiger partial charge is 0.348 e. The van der Waals surface area contributed by atoms with E-state index in [4.69, 9.17) is 11.6 Å². The molecular formula is C22H26ClN3O2. The van der Waals surface area contributed by atoms with Crippen molar-refractivity contribution < 1.29 is 9.59 Å². The van der Waals surface area contributed by atoms with Gasteiger partial charge in [0.05, 0.1) is 5.56 Å². The zero-order valence-corrected chi connectivity index (χ0v) is 17.0.